The fourth-order valence-electron chi connectivity index (χ4n) is 10.8. The normalized spacial score (nSPS) is 13.1. The van der Waals surface area contributed by atoms with Crippen molar-refractivity contribution in [2.24, 2.45) is 0 Å². The first-order valence-electron chi connectivity index (χ1n) is 28.9. The Bertz CT molecular complexity index is 3600. The first-order chi connectivity index (χ1) is 37.0. The third-order valence-corrected chi connectivity index (χ3v) is 16.5. The van der Waals surface area contributed by atoms with Crippen molar-refractivity contribution < 1.29 is 31.7 Å². The number of rotatable bonds is 16. The van der Waals surface area contributed by atoms with Gasteiger partial charge in [-0.15, -0.1) is 23.8 Å². The Labute approximate surface area is 468 Å². The number of hydrogen-bond donors (Lipinski definition) is 1. The Morgan fingerprint density at radius 2 is 1.23 bits per heavy atom. The topological polar surface area (TPSA) is 50.9 Å². The summed E-state index contributed by atoms with van der Waals surface area (Å²) in [6.45, 7) is 23.4. The Kier molecular flexibility index (Phi) is 14.8. The van der Waals surface area contributed by atoms with E-state index in [4.69, 9.17) is 11.3 Å². The zero-order valence-corrected chi connectivity index (χ0v) is 48.3. The maximum atomic E-state index is 12.5. The Morgan fingerprint density at radius 3 is 1.84 bits per heavy atom. The van der Waals surface area contributed by atoms with Gasteiger partial charge in [0.05, 0.1) is 22.3 Å². The molecule has 2 heterocycles. The molecule has 4 nitrogen and oxygen atoms in total. The Balaban J connectivity index is 0.00000822. The maximum absolute atomic E-state index is 12.5. The van der Waals surface area contributed by atoms with Gasteiger partial charge in [0.1, 0.15) is 11.6 Å². The van der Waals surface area contributed by atoms with Crippen LogP contribution in [0.2, 0.25) is 0 Å². The van der Waals surface area contributed by atoms with Gasteiger partial charge in [0.25, 0.3) is 0 Å². The molecule has 0 aliphatic carbocycles. The van der Waals surface area contributed by atoms with Crippen molar-refractivity contribution in [3.63, 3.8) is 0 Å². The molecule has 9 aromatic rings. The molecule has 0 fully saturated rings. The van der Waals surface area contributed by atoms with Gasteiger partial charge in [-0.2, -0.15) is 0 Å². The summed E-state index contributed by atoms with van der Waals surface area (Å²) in [6, 6.07) is 53.5. The number of para-hydroxylation sites is 1. The van der Waals surface area contributed by atoms with Crippen molar-refractivity contribution in [2.75, 3.05) is 0 Å². The second kappa shape index (κ2) is 22.5. The summed E-state index contributed by atoms with van der Waals surface area (Å²) < 4.78 is 38.8. The van der Waals surface area contributed by atoms with E-state index >= 15 is 0 Å². The van der Waals surface area contributed by atoms with Crippen LogP contribution >= 0.6 is 0 Å². The maximum Gasteiger partial charge on any atom is 0.148 e. The minimum absolute atomic E-state index is 0. The number of pyridine rings is 1. The largest absolute Gasteiger partial charge is 0.507 e. The van der Waals surface area contributed by atoms with Gasteiger partial charge in [-0.3, -0.25) is 9.55 Å². The smallest absolute Gasteiger partial charge is 0.148 e. The van der Waals surface area contributed by atoms with Crippen LogP contribution in [0.4, 0.5) is 0 Å². The van der Waals surface area contributed by atoms with Crippen molar-refractivity contribution in [3.8, 4) is 78.6 Å². The molecule has 0 saturated heterocycles. The summed E-state index contributed by atoms with van der Waals surface area (Å²) in [5.41, 5.74) is 16.6. The molecule has 0 saturated carbocycles. The van der Waals surface area contributed by atoms with E-state index in [-0.39, 0.29) is 55.0 Å². The zero-order valence-electron chi connectivity index (χ0n) is 50.0. The molecule has 0 aliphatic heterocycles. The van der Waals surface area contributed by atoms with Crippen LogP contribution in [0.25, 0.3) is 83.9 Å². The van der Waals surface area contributed by atoms with Crippen molar-refractivity contribution in [1.82, 2.24) is 14.5 Å². The summed E-state index contributed by atoms with van der Waals surface area (Å²) in [5, 5.41) is 12.5. The molecule has 7 aromatic carbocycles. The molecule has 0 atom stereocenters. The van der Waals surface area contributed by atoms with Crippen LogP contribution in [0.15, 0.2) is 152 Å². The Morgan fingerprint density at radius 1 is 0.600 bits per heavy atom. The van der Waals surface area contributed by atoms with E-state index in [1.54, 1.807) is 0 Å². The zero-order chi connectivity index (χ0) is 56.1. The number of aryl methyl sites for hydroxylation is 1. The van der Waals surface area contributed by atoms with E-state index in [1.165, 1.54) is 11.1 Å². The quantitative estimate of drug-likeness (QED) is 0.0981. The molecule has 2 aromatic heterocycles. The van der Waals surface area contributed by atoms with E-state index in [0.717, 1.165) is 98.1 Å². The van der Waals surface area contributed by atoms with Crippen LogP contribution in [0.5, 0.6) is 5.75 Å². The third kappa shape index (κ3) is 10.5. The van der Waals surface area contributed by atoms with Crippen LogP contribution in [-0.2, 0) is 31.9 Å². The Hall–Kier alpha value is -6.35. The van der Waals surface area contributed by atoms with Gasteiger partial charge >= 0.3 is 0 Å². The number of benzene rings is 7. The van der Waals surface area contributed by atoms with Crippen LogP contribution in [-0.4, -0.2) is 19.6 Å². The number of phenolic OH excluding ortho intramolecular Hbond substituents is 1. The molecule has 1 N–H and O–H groups in total. The minimum atomic E-state index is -2.55. The van der Waals surface area contributed by atoms with Crippen LogP contribution in [0.3, 0.4) is 0 Å². The standard InChI is InChI=1S/C70H76N3O.Pt/c1-14-69(12,15-2)60-26-22-27-61(70(13,16-3)17-4)65(60)52-33-34-63(47(11)37-52)73-64-28-21-25-57(66(64)72-68(73)59-42-53(45(7)8)41-58(46(9)10)67(59)74)55-38-54(49-23-19-18-20-24-49)39-56(40-55)62-43-51(35-36-71-62)50-31-29-48(30-32-50)44(5)6;/h18-39,41-46,74H,14-17H2,1-13H3;/q-1;/i11D3,44D;. The fourth-order valence-corrected chi connectivity index (χ4v) is 10.8. The molecule has 0 radical (unpaired) electrons. The molecule has 75 heavy (non-hydrogen) atoms. The van der Waals surface area contributed by atoms with E-state index in [2.05, 4.69) is 154 Å². The second-order valence-electron chi connectivity index (χ2n) is 21.8. The van der Waals surface area contributed by atoms with E-state index < -0.39 is 12.7 Å². The van der Waals surface area contributed by atoms with Gasteiger partial charge in [-0.1, -0.05) is 203 Å². The van der Waals surface area contributed by atoms with Crippen molar-refractivity contribution in [2.45, 2.75) is 144 Å². The number of aromatic nitrogens is 3. The summed E-state index contributed by atoms with van der Waals surface area (Å²) in [5.74, 6) is -0.0191. The van der Waals surface area contributed by atoms with E-state index in [0.29, 0.717) is 28.1 Å². The summed E-state index contributed by atoms with van der Waals surface area (Å²) in [7, 11) is 0. The van der Waals surface area contributed by atoms with E-state index in [1.807, 2.05) is 91.3 Å². The average Bonchev–Trinajstić information content (AvgIpc) is 3.89. The molecule has 5 heteroatoms. The first kappa shape index (κ1) is 49.5. The summed E-state index contributed by atoms with van der Waals surface area (Å²) >= 11 is 0. The van der Waals surface area contributed by atoms with Crippen LogP contribution < -0.4 is 0 Å². The van der Waals surface area contributed by atoms with E-state index in [9.17, 15) is 9.22 Å². The SMILES string of the molecule is [2H]C([2H])([2H])c1cc(-c2c(C(C)(CC)CC)cccc2C(C)(CC)CC)ccc1-n1c(-c2cc(C(C)C)cc(C(C)C)c2O)nc2c(-c3[c-]c(-c4cc(-c5ccc(C([2H])(C)C)cc5)ccn4)cc(-c4ccccc4)c3)cccc21.[Pt]. The second-order valence-corrected chi connectivity index (χ2v) is 21.8. The minimum Gasteiger partial charge on any atom is -0.507 e. The molecule has 0 aliphatic rings. The monoisotopic (exact) mass is 1170 g/mol. The van der Waals surface area contributed by atoms with Gasteiger partial charge in [0.15, 0.2) is 0 Å². The molecule has 0 spiro atoms. The number of imidazole rings is 1. The molecule has 0 bridgehead atoms. The number of fused-ring (bicyclic) bond motifs is 1. The average molecular weight is 1170 g/mol. The predicted molar refractivity (Wildman–Crippen MR) is 315 cm³/mol. The van der Waals surface area contributed by atoms with Gasteiger partial charge in [-0.25, -0.2) is 4.98 Å². The molecular weight excluding hydrogens is 1090 g/mol. The first-order valence-corrected chi connectivity index (χ1v) is 26.9. The van der Waals surface area contributed by atoms with Crippen LogP contribution in [0.1, 0.15) is 165 Å². The molecule has 0 unspecified atom stereocenters. The number of nitrogens with zero attached hydrogens (tertiary/aromatic N) is 3. The van der Waals surface area contributed by atoms with Gasteiger partial charge < -0.3 is 5.11 Å². The third-order valence-electron chi connectivity index (χ3n) is 16.5. The van der Waals surface area contributed by atoms with Crippen molar-refractivity contribution in [1.29, 1.82) is 0 Å². The van der Waals surface area contributed by atoms with Gasteiger partial charge in [0, 0.05) is 38.4 Å². The van der Waals surface area contributed by atoms with Crippen molar-refractivity contribution in [3.05, 3.63) is 191 Å². The number of phenols is 1. The van der Waals surface area contributed by atoms with Crippen LogP contribution in [0, 0.1) is 12.9 Å². The van der Waals surface area contributed by atoms with Gasteiger partial charge in [-0.05, 0) is 153 Å². The van der Waals surface area contributed by atoms with Crippen molar-refractivity contribution >= 4 is 11.0 Å². The summed E-state index contributed by atoms with van der Waals surface area (Å²) in [6.07, 6.45) is 5.56. The van der Waals surface area contributed by atoms with Gasteiger partial charge in [0.2, 0.25) is 0 Å². The predicted octanol–water partition coefficient (Wildman–Crippen LogP) is 19.8. The number of aromatic hydroxyl groups is 1. The molecule has 9 rings (SSSR count). The summed E-state index contributed by atoms with van der Waals surface area (Å²) in [4.78, 5) is 10.5. The number of hydrogen-bond acceptors (Lipinski definition) is 3. The molecular formula is C70H76N3OPt-. The fraction of sp³-hybridized carbons (Fsp3) is 0.314. The molecule has 0 amide bonds. The molecule has 388 valence electrons.